The van der Waals surface area contributed by atoms with E-state index in [1.54, 1.807) is 29.8 Å². The van der Waals surface area contributed by atoms with Gasteiger partial charge < -0.3 is 16.0 Å². The van der Waals surface area contributed by atoms with Crippen molar-refractivity contribution in [3.63, 3.8) is 0 Å². The molecular formula is C30H23BrN5O+. The minimum atomic E-state index is -0.171. The summed E-state index contributed by atoms with van der Waals surface area (Å²) >= 11 is 3.52. The van der Waals surface area contributed by atoms with Crippen LogP contribution in [0, 0.1) is 12.0 Å². The highest BCUT2D eigenvalue weighted by Crippen LogP contribution is 2.28. The van der Waals surface area contributed by atoms with Crippen LogP contribution in [0.25, 0.3) is 10.9 Å². The Balaban J connectivity index is 1.21. The van der Waals surface area contributed by atoms with Gasteiger partial charge in [-0.15, -0.1) is 4.57 Å². The number of pyridine rings is 2. The number of aromatic nitrogens is 2. The van der Waals surface area contributed by atoms with Crippen molar-refractivity contribution in [1.29, 1.82) is 0 Å². The Morgan fingerprint density at radius 1 is 0.811 bits per heavy atom. The molecule has 5 aromatic rings. The summed E-state index contributed by atoms with van der Waals surface area (Å²) in [6, 6.07) is 29.7. The number of carbonyl (C=O) groups excluding carboxylic acids is 1. The minimum absolute atomic E-state index is 0.171. The molecular weight excluding hydrogens is 526 g/mol. The van der Waals surface area contributed by atoms with Crippen LogP contribution in [0.2, 0.25) is 0 Å². The highest BCUT2D eigenvalue weighted by atomic mass is 79.9. The number of amides is 1. The molecule has 7 heteroatoms. The summed E-state index contributed by atoms with van der Waals surface area (Å²) in [6.45, 7) is 1.80. The van der Waals surface area contributed by atoms with Gasteiger partial charge in [0.05, 0.1) is 11.2 Å². The Morgan fingerprint density at radius 3 is 2.19 bits per heavy atom. The molecule has 0 atom stereocenters. The van der Waals surface area contributed by atoms with Crippen LogP contribution in [-0.2, 0) is 0 Å². The molecule has 5 rings (SSSR count). The topological polar surface area (TPSA) is 69.9 Å². The Morgan fingerprint density at radius 2 is 1.46 bits per heavy atom. The minimum Gasteiger partial charge on any atom is -0.355 e. The summed E-state index contributed by atoms with van der Waals surface area (Å²) in [5.74, 6) is 2.69. The van der Waals surface area contributed by atoms with Crippen molar-refractivity contribution in [3.8, 4) is 12.0 Å². The molecule has 0 aliphatic heterocycles. The van der Waals surface area contributed by atoms with Crippen molar-refractivity contribution >= 4 is 61.2 Å². The number of halogens is 1. The van der Waals surface area contributed by atoms with Gasteiger partial charge in [-0.05, 0) is 78.7 Å². The van der Waals surface area contributed by atoms with E-state index in [1.165, 1.54) is 0 Å². The first kappa shape index (κ1) is 24.0. The fourth-order valence-electron chi connectivity index (χ4n) is 3.81. The lowest BCUT2D eigenvalue weighted by Crippen LogP contribution is -2.26. The van der Waals surface area contributed by atoms with Crippen LogP contribution in [0.3, 0.4) is 0 Å². The van der Waals surface area contributed by atoms with E-state index in [9.17, 15) is 4.79 Å². The first-order chi connectivity index (χ1) is 18.1. The predicted octanol–water partition coefficient (Wildman–Crippen LogP) is 6.85. The number of nitrogens with zero attached hydrogens (tertiary/aromatic N) is 2. The summed E-state index contributed by atoms with van der Waals surface area (Å²) in [5.41, 5.74) is 5.90. The van der Waals surface area contributed by atoms with E-state index >= 15 is 0 Å². The maximum absolute atomic E-state index is 12.8. The molecule has 3 N–H and O–H groups in total. The third-order valence-corrected chi connectivity index (χ3v) is 6.12. The second kappa shape index (κ2) is 10.9. The first-order valence-corrected chi connectivity index (χ1v) is 12.4. The molecule has 0 fully saturated rings. The van der Waals surface area contributed by atoms with Crippen LogP contribution in [-0.4, -0.2) is 10.9 Å². The molecule has 2 heterocycles. The Labute approximate surface area is 223 Å². The van der Waals surface area contributed by atoms with Gasteiger partial charge in [-0.3, -0.25) is 9.78 Å². The van der Waals surface area contributed by atoms with Crippen LogP contribution in [0.1, 0.15) is 17.3 Å². The van der Waals surface area contributed by atoms with Crippen molar-refractivity contribution in [1.82, 2.24) is 4.98 Å². The smallest absolute Gasteiger partial charge is 0.255 e. The predicted molar refractivity (Wildman–Crippen MR) is 152 cm³/mol. The van der Waals surface area contributed by atoms with Crippen molar-refractivity contribution in [2.45, 2.75) is 6.92 Å². The zero-order valence-electron chi connectivity index (χ0n) is 20.0. The highest BCUT2D eigenvalue weighted by molar-refractivity contribution is 9.10. The summed E-state index contributed by atoms with van der Waals surface area (Å²) in [6.07, 6.45) is 5.57. The van der Waals surface area contributed by atoms with E-state index in [4.69, 9.17) is 0 Å². The average Bonchev–Trinajstić information content (AvgIpc) is 2.92. The van der Waals surface area contributed by atoms with Crippen LogP contribution < -0.4 is 20.5 Å². The van der Waals surface area contributed by atoms with Crippen LogP contribution in [0.4, 0.5) is 28.4 Å². The van der Waals surface area contributed by atoms with Crippen LogP contribution in [0.15, 0.2) is 108 Å². The molecule has 0 saturated heterocycles. The molecule has 0 aliphatic carbocycles. The zero-order chi connectivity index (χ0) is 25.6. The number of benzene rings is 3. The molecule has 0 spiro atoms. The zero-order valence-corrected chi connectivity index (χ0v) is 21.6. The summed E-state index contributed by atoms with van der Waals surface area (Å²) in [5, 5.41) is 10.7. The lowest BCUT2D eigenvalue weighted by Gasteiger charge is -2.11. The standard InChI is InChI=1S/C30H22BrN5O/c1-2-17-36-18-14-26(15-19-36)33-23-8-10-25(11-9-23)35-30(37)21-3-6-24(7-4-21)34-29-13-16-32-28-12-5-22(31)20-27(28)29/h3-16,18-20H,1H3,(H2,32,34,35,37)/p+1. The number of nitrogens with one attached hydrogen (secondary N) is 3. The van der Waals surface area contributed by atoms with Gasteiger partial charge in [0, 0.05) is 63.4 Å². The molecule has 180 valence electrons. The average molecular weight is 549 g/mol. The molecule has 2 aromatic heterocycles. The third kappa shape index (κ3) is 5.95. The summed E-state index contributed by atoms with van der Waals surface area (Å²) in [4.78, 5) is 17.2. The van der Waals surface area contributed by atoms with E-state index in [-0.39, 0.29) is 5.91 Å². The maximum atomic E-state index is 12.8. The second-order valence-corrected chi connectivity index (χ2v) is 9.15. The molecule has 3 aromatic carbocycles. The van der Waals surface area contributed by atoms with Gasteiger partial charge in [-0.25, -0.2) is 0 Å². The van der Waals surface area contributed by atoms with Gasteiger partial charge in [-0.1, -0.05) is 15.9 Å². The maximum Gasteiger partial charge on any atom is 0.255 e. The molecule has 6 nitrogen and oxygen atoms in total. The van der Waals surface area contributed by atoms with E-state index < -0.39 is 0 Å². The first-order valence-electron chi connectivity index (χ1n) is 11.6. The summed E-state index contributed by atoms with van der Waals surface area (Å²) in [7, 11) is 0. The third-order valence-electron chi connectivity index (χ3n) is 5.63. The Hall–Kier alpha value is -4.67. The fourth-order valence-corrected chi connectivity index (χ4v) is 4.17. The summed E-state index contributed by atoms with van der Waals surface area (Å²) < 4.78 is 2.79. The quantitative estimate of drug-likeness (QED) is 0.160. The van der Waals surface area contributed by atoms with E-state index in [0.29, 0.717) is 5.56 Å². The van der Waals surface area contributed by atoms with Crippen molar-refractivity contribution in [2.75, 3.05) is 16.0 Å². The lowest BCUT2D eigenvalue weighted by molar-refractivity contribution is -0.583. The van der Waals surface area contributed by atoms with Crippen LogP contribution >= 0.6 is 15.9 Å². The molecule has 0 saturated carbocycles. The number of fused-ring (bicyclic) bond motifs is 1. The Bertz CT molecular complexity index is 1620. The second-order valence-electron chi connectivity index (χ2n) is 8.23. The largest absolute Gasteiger partial charge is 0.355 e. The Kier molecular flexibility index (Phi) is 7.11. The monoisotopic (exact) mass is 548 g/mol. The highest BCUT2D eigenvalue weighted by Gasteiger charge is 2.08. The SMILES string of the molecule is CC#C[n+]1ccc(Nc2ccc(NC(=O)c3ccc(Nc4ccnc5ccc(Br)cc45)cc3)cc2)cc1. The molecule has 1 amide bonds. The van der Waals surface area contributed by atoms with Gasteiger partial charge in [0.15, 0.2) is 12.4 Å². The molecule has 0 aliphatic rings. The molecule has 0 unspecified atom stereocenters. The van der Waals surface area contributed by atoms with E-state index in [0.717, 1.165) is 43.8 Å². The number of hydrogen-bond donors (Lipinski definition) is 3. The number of anilines is 5. The fraction of sp³-hybridized carbons (Fsp3) is 0.0333. The van der Waals surface area contributed by atoms with Gasteiger partial charge in [-0.2, -0.15) is 0 Å². The van der Waals surface area contributed by atoms with Crippen molar-refractivity contribution < 1.29 is 9.36 Å². The van der Waals surface area contributed by atoms with E-state index in [1.807, 2.05) is 85.2 Å². The van der Waals surface area contributed by atoms with Gasteiger partial charge in [0.25, 0.3) is 5.91 Å². The number of rotatable bonds is 6. The lowest BCUT2D eigenvalue weighted by atomic mass is 10.1. The van der Waals surface area contributed by atoms with Gasteiger partial charge in [0.1, 0.15) is 0 Å². The van der Waals surface area contributed by atoms with Gasteiger partial charge in [0.2, 0.25) is 6.04 Å². The van der Waals surface area contributed by atoms with Crippen molar-refractivity contribution in [2.24, 2.45) is 0 Å². The molecule has 37 heavy (non-hydrogen) atoms. The molecule has 0 bridgehead atoms. The van der Waals surface area contributed by atoms with Crippen LogP contribution in [0.5, 0.6) is 0 Å². The normalized spacial score (nSPS) is 10.3. The number of carbonyl (C=O) groups is 1. The van der Waals surface area contributed by atoms with Gasteiger partial charge >= 0.3 is 0 Å². The van der Waals surface area contributed by atoms with E-state index in [2.05, 4.69) is 48.8 Å². The molecule has 0 radical (unpaired) electrons. The van der Waals surface area contributed by atoms with Crippen molar-refractivity contribution in [3.05, 3.63) is 114 Å². The number of hydrogen-bond acceptors (Lipinski definition) is 4.